The van der Waals surface area contributed by atoms with Crippen LogP contribution in [0.5, 0.6) is 0 Å². The first-order valence-corrected chi connectivity index (χ1v) is 11.0. The van der Waals surface area contributed by atoms with Gasteiger partial charge < -0.3 is 15.6 Å². The van der Waals surface area contributed by atoms with Gasteiger partial charge in [-0.3, -0.25) is 0 Å². The zero-order valence-electron chi connectivity index (χ0n) is 18.8. The number of H-pyrrole nitrogens is 1. The van der Waals surface area contributed by atoms with Crippen LogP contribution in [0, 0.1) is 19.7 Å². The van der Waals surface area contributed by atoms with Gasteiger partial charge in [0.15, 0.2) is 0 Å². The van der Waals surface area contributed by atoms with Crippen molar-refractivity contribution in [1.82, 2.24) is 10.3 Å². The SMILES string of the molecule is CCCC(C/C(=C\c1[nH]c2cc(F)ccc2c1C)c1ccc(C)cc1NCC)NC. The second-order valence-corrected chi connectivity index (χ2v) is 8.08. The fourth-order valence-electron chi connectivity index (χ4n) is 4.13. The molecule has 1 heterocycles. The molecule has 4 heteroatoms. The predicted molar refractivity (Wildman–Crippen MR) is 129 cm³/mol. The molecule has 0 radical (unpaired) electrons. The van der Waals surface area contributed by atoms with Gasteiger partial charge >= 0.3 is 0 Å². The molecule has 2 aromatic carbocycles. The Morgan fingerprint density at radius 3 is 2.63 bits per heavy atom. The van der Waals surface area contributed by atoms with Crippen LogP contribution >= 0.6 is 0 Å². The van der Waals surface area contributed by atoms with Crippen LogP contribution in [0.4, 0.5) is 10.1 Å². The third-order valence-electron chi connectivity index (χ3n) is 5.78. The van der Waals surface area contributed by atoms with Gasteiger partial charge in [0.1, 0.15) is 5.82 Å². The van der Waals surface area contributed by atoms with Gasteiger partial charge in [0.05, 0.1) is 0 Å². The second kappa shape index (κ2) is 9.94. The van der Waals surface area contributed by atoms with Crippen molar-refractivity contribution in [3.05, 3.63) is 64.6 Å². The van der Waals surface area contributed by atoms with Crippen LogP contribution in [-0.2, 0) is 0 Å². The quantitative estimate of drug-likeness (QED) is 0.370. The lowest BCUT2D eigenvalue weighted by atomic mass is 9.93. The van der Waals surface area contributed by atoms with Gasteiger partial charge in [0.25, 0.3) is 0 Å². The predicted octanol–water partition coefficient (Wildman–Crippen LogP) is 6.67. The molecule has 0 aliphatic rings. The van der Waals surface area contributed by atoms with Crippen molar-refractivity contribution in [2.75, 3.05) is 18.9 Å². The minimum atomic E-state index is -0.217. The maximum atomic E-state index is 13.7. The zero-order valence-corrected chi connectivity index (χ0v) is 18.8. The number of rotatable bonds is 9. The van der Waals surface area contributed by atoms with E-state index in [0.717, 1.165) is 53.7 Å². The van der Waals surface area contributed by atoms with Gasteiger partial charge in [-0.05, 0) is 87.7 Å². The van der Waals surface area contributed by atoms with Crippen LogP contribution in [0.2, 0.25) is 0 Å². The molecule has 3 nitrogen and oxygen atoms in total. The Balaban J connectivity index is 2.14. The number of halogens is 1. The topological polar surface area (TPSA) is 39.9 Å². The van der Waals surface area contributed by atoms with Crippen molar-refractivity contribution in [3.8, 4) is 0 Å². The third-order valence-corrected chi connectivity index (χ3v) is 5.78. The number of hydrogen-bond acceptors (Lipinski definition) is 2. The van der Waals surface area contributed by atoms with E-state index in [-0.39, 0.29) is 5.82 Å². The Bertz CT molecular complexity index is 1030. The Morgan fingerprint density at radius 1 is 1.13 bits per heavy atom. The molecular weight excluding hydrogens is 373 g/mol. The summed E-state index contributed by atoms with van der Waals surface area (Å²) in [5.41, 5.74) is 7.93. The smallest absolute Gasteiger partial charge is 0.125 e. The molecule has 0 fully saturated rings. The second-order valence-electron chi connectivity index (χ2n) is 8.08. The summed E-state index contributed by atoms with van der Waals surface area (Å²) in [6.45, 7) is 9.44. The molecule has 0 amide bonds. The fourth-order valence-corrected chi connectivity index (χ4v) is 4.13. The molecule has 1 aromatic heterocycles. The van der Waals surface area contributed by atoms with Crippen molar-refractivity contribution < 1.29 is 4.39 Å². The first kappa shape index (κ1) is 22.1. The Morgan fingerprint density at radius 2 is 1.93 bits per heavy atom. The molecular formula is C26H34FN3. The van der Waals surface area contributed by atoms with E-state index in [2.05, 4.69) is 67.6 Å². The highest BCUT2D eigenvalue weighted by molar-refractivity contribution is 5.93. The summed E-state index contributed by atoms with van der Waals surface area (Å²) in [7, 11) is 2.04. The van der Waals surface area contributed by atoms with Gasteiger partial charge in [-0.2, -0.15) is 0 Å². The standard InChI is InChI=1S/C26H34FN3/c1-6-8-21(28-5)14-19(23-11-9-17(3)13-25(23)29-7-2)15-24-18(4)22-12-10-20(27)16-26(22)30-24/h9-13,15-16,21,28-30H,6-8,14H2,1-5H3/b19-15+. The molecule has 0 aliphatic carbocycles. The van der Waals surface area contributed by atoms with E-state index in [1.165, 1.54) is 22.8 Å². The zero-order chi connectivity index (χ0) is 21.7. The lowest BCUT2D eigenvalue weighted by Crippen LogP contribution is -2.25. The molecule has 1 atom stereocenters. The molecule has 0 spiro atoms. The maximum Gasteiger partial charge on any atom is 0.125 e. The fraction of sp³-hybridized carbons (Fsp3) is 0.385. The number of aromatic amines is 1. The number of anilines is 1. The highest BCUT2D eigenvalue weighted by Crippen LogP contribution is 2.33. The molecule has 0 saturated carbocycles. The summed E-state index contributed by atoms with van der Waals surface area (Å²) < 4.78 is 13.7. The van der Waals surface area contributed by atoms with Gasteiger partial charge in [0.2, 0.25) is 0 Å². The van der Waals surface area contributed by atoms with Crippen molar-refractivity contribution in [2.45, 2.75) is 53.0 Å². The van der Waals surface area contributed by atoms with Crippen LogP contribution < -0.4 is 10.6 Å². The first-order chi connectivity index (χ1) is 14.5. The normalized spacial score (nSPS) is 13.1. The van der Waals surface area contributed by atoms with Crippen LogP contribution in [0.25, 0.3) is 22.6 Å². The number of aromatic nitrogens is 1. The van der Waals surface area contributed by atoms with Gasteiger partial charge in [-0.15, -0.1) is 0 Å². The van der Waals surface area contributed by atoms with E-state index in [9.17, 15) is 4.39 Å². The summed E-state index contributed by atoms with van der Waals surface area (Å²) in [5.74, 6) is -0.217. The van der Waals surface area contributed by atoms with Crippen LogP contribution in [0.1, 0.15) is 55.5 Å². The molecule has 3 N–H and O–H groups in total. The summed E-state index contributed by atoms with van der Waals surface area (Å²) in [6, 6.07) is 12.0. The van der Waals surface area contributed by atoms with E-state index in [0.29, 0.717) is 6.04 Å². The molecule has 0 bridgehead atoms. The summed E-state index contributed by atoms with van der Waals surface area (Å²) in [5, 5.41) is 8.08. The third kappa shape index (κ3) is 4.93. The van der Waals surface area contributed by atoms with Crippen molar-refractivity contribution in [1.29, 1.82) is 0 Å². The van der Waals surface area contributed by atoms with E-state index >= 15 is 0 Å². The average Bonchev–Trinajstić information content (AvgIpc) is 3.02. The first-order valence-electron chi connectivity index (χ1n) is 11.0. The molecule has 0 saturated heterocycles. The summed E-state index contributed by atoms with van der Waals surface area (Å²) >= 11 is 0. The van der Waals surface area contributed by atoms with Gasteiger partial charge in [0, 0.05) is 40.4 Å². The molecule has 1 unspecified atom stereocenters. The lowest BCUT2D eigenvalue weighted by Gasteiger charge is -2.21. The number of hydrogen-bond donors (Lipinski definition) is 3. The maximum absolute atomic E-state index is 13.7. The van der Waals surface area contributed by atoms with Crippen molar-refractivity contribution >= 4 is 28.2 Å². The highest BCUT2D eigenvalue weighted by atomic mass is 19.1. The molecule has 160 valence electrons. The summed E-state index contributed by atoms with van der Waals surface area (Å²) in [6.07, 6.45) is 5.43. The van der Waals surface area contributed by atoms with E-state index in [1.54, 1.807) is 6.07 Å². The lowest BCUT2D eigenvalue weighted by molar-refractivity contribution is 0.527. The molecule has 3 aromatic rings. The van der Waals surface area contributed by atoms with Crippen LogP contribution in [0.15, 0.2) is 36.4 Å². The van der Waals surface area contributed by atoms with Gasteiger partial charge in [-0.1, -0.05) is 25.5 Å². The minimum absolute atomic E-state index is 0.217. The van der Waals surface area contributed by atoms with E-state index in [4.69, 9.17) is 0 Å². The van der Waals surface area contributed by atoms with Gasteiger partial charge in [-0.25, -0.2) is 4.39 Å². The van der Waals surface area contributed by atoms with Crippen molar-refractivity contribution in [2.24, 2.45) is 0 Å². The largest absolute Gasteiger partial charge is 0.385 e. The van der Waals surface area contributed by atoms with Crippen molar-refractivity contribution in [3.63, 3.8) is 0 Å². The monoisotopic (exact) mass is 407 g/mol. The van der Waals surface area contributed by atoms with Crippen LogP contribution in [-0.4, -0.2) is 24.6 Å². The number of fused-ring (bicyclic) bond motifs is 1. The number of aryl methyl sites for hydroxylation is 2. The Hall–Kier alpha value is -2.59. The Labute approximate surface area is 179 Å². The molecule has 0 aliphatic heterocycles. The Kier molecular flexibility index (Phi) is 7.33. The van der Waals surface area contributed by atoms with Crippen LogP contribution in [0.3, 0.4) is 0 Å². The van der Waals surface area contributed by atoms with E-state index in [1.807, 2.05) is 13.1 Å². The molecule has 3 rings (SSSR count). The summed E-state index contributed by atoms with van der Waals surface area (Å²) in [4.78, 5) is 3.43. The number of benzene rings is 2. The minimum Gasteiger partial charge on any atom is -0.385 e. The number of nitrogens with one attached hydrogen (secondary N) is 3. The highest BCUT2D eigenvalue weighted by Gasteiger charge is 2.15. The van der Waals surface area contributed by atoms with E-state index < -0.39 is 0 Å². The average molecular weight is 408 g/mol. The molecule has 30 heavy (non-hydrogen) atoms.